The van der Waals surface area contributed by atoms with Crippen molar-refractivity contribution in [2.75, 3.05) is 32.8 Å². The molecule has 3 N–H and O–H groups in total. The molecule has 0 amide bonds. The monoisotopic (exact) mass is 476 g/mol. The minimum atomic E-state index is -0.216. The number of ether oxygens (including phenoxy) is 1. The highest BCUT2D eigenvalue weighted by molar-refractivity contribution is 14.0. The van der Waals surface area contributed by atoms with Gasteiger partial charge in [0.2, 0.25) is 0 Å². The highest BCUT2D eigenvalue weighted by atomic mass is 127. The van der Waals surface area contributed by atoms with Gasteiger partial charge in [-0.25, -0.2) is 4.39 Å². The predicted molar refractivity (Wildman–Crippen MR) is 113 cm³/mol. The van der Waals surface area contributed by atoms with E-state index in [0.717, 1.165) is 31.9 Å². The molecule has 1 heterocycles. The molecular formula is C19H30FIN4O. The fourth-order valence-corrected chi connectivity index (χ4v) is 3.69. The van der Waals surface area contributed by atoms with E-state index < -0.39 is 0 Å². The maximum absolute atomic E-state index is 13.3. The Morgan fingerprint density at radius 1 is 1.19 bits per heavy atom. The van der Waals surface area contributed by atoms with E-state index in [1.165, 1.54) is 44.2 Å². The largest absolute Gasteiger partial charge is 0.379 e. The normalized spacial score (nSPS) is 21.0. The second-order valence-electron chi connectivity index (χ2n) is 6.92. The molecule has 3 rings (SSSR count). The van der Waals surface area contributed by atoms with Gasteiger partial charge in [-0.15, -0.1) is 24.0 Å². The lowest BCUT2D eigenvalue weighted by Crippen LogP contribution is -2.43. The number of benzene rings is 1. The fraction of sp³-hybridized carbons (Fsp3) is 0.632. The molecule has 1 aliphatic heterocycles. The summed E-state index contributed by atoms with van der Waals surface area (Å²) in [5.74, 6) is 0.304. The van der Waals surface area contributed by atoms with E-state index in [0.29, 0.717) is 18.5 Å². The molecule has 1 saturated heterocycles. The van der Waals surface area contributed by atoms with Crippen LogP contribution in [0.3, 0.4) is 0 Å². The molecule has 0 bridgehead atoms. The summed E-state index contributed by atoms with van der Waals surface area (Å²) < 4.78 is 18.7. The summed E-state index contributed by atoms with van der Waals surface area (Å²) in [5.41, 5.74) is 7.19. The molecule has 5 nitrogen and oxygen atoms in total. The van der Waals surface area contributed by atoms with E-state index >= 15 is 0 Å². The van der Waals surface area contributed by atoms with Gasteiger partial charge in [0.25, 0.3) is 0 Å². The maximum Gasteiger partial charge on any atom is 0.188 e. The van der Waals surface area contributed by atoms with Crippen molar-refractivity contribution in [3.63, 3.8) is 0 Å². The number of nitrogens with one attached hydrogen (secondary N) is 1. The van der Waals surface area contributed by atoms with Gasteiger partial charge < -0.3 is 15.8 Å². The summed E-state index contributed by atoms with van der Waals surface area (Å²) in [4.78, 5) is 6.94. The number of morpholine rings is 1. The van der Waals surface area contributed by atoms with Crippen LogP contribution >= 0.6 is 24.0 Å². The summed E-state index contributed by atoms with van der Waals surface area (Å²) in [6, 6.07) is 7.25. The van der Waals surface area contributed by atoms with E-state index in [2.05, 4.69) is 15.2 Å². The highest BCUT2D eigenvalue weighted by Crippen LogP contribution is 2.23. The first-order valence-corrected chi connectivity index (χ1v) is 9.36. The lowest BCUT2D eigenvalue weighted by molar-refractivity contribution is 0.0179. The molecule has 2 aliphatic rings. The van der Waals surface area contributed by atoms with Crippen molar-refractivity contribution in [2.45, 2.75) is 44.2 Å². The number of rotatable bonds is 5. The third-order valence-electron chi connectivity index (χ3n) is 5.13. The number of halogens is 2. The summed E-state index contributed by atoms with van der Waals surface area (Å²) in [7, 11) is 0. The minimum Gasteiger partial charge on any atom is -0.379 e. The van der Waals surface area contributed by atoms with Crippen LogP contribution in [0, 0.1) is 5.82 Å². The van der Waals surface area contributed by atoms with Crippen molar-refractivity contribution in [2.24, 2.45) is 10.7 Å². The van der Waals surface area contributed by atoms with Crippen molar-refractivity contribution >= 4 is 29.9 Å². The first kappa shape index (κ1) is 21.4. The second kappa shape index (κ2) is 11.0. The smallest absolute Gasteiger partial charge is 0.188 e. The van der Waals surface area contributed by atoms with Crippen LogP contribution < -0.4 is 11.1 Å². The van der Waals surface area contributed by atoms with Crippen molar-refractivity contribution in [1.29, 1.82) is 0 Å². The van der Waals surface area contributed by atoms with E-state index in [1.54, 1.807) is 0 Å². The zero-order chi connectivity index (χ0) is 17.5. The van der Waals surface area contributed by atoms with Crippen LogP contribution in [0.5, 0.6) is 0 Å². The average Bonchev–Trinajstić information content (AvgIpc) is 2.65. The number of nitrogens with zero attached hydrogens (tertiary/aromatic N) is 2. The Balaban J connectivity index is 0.00000243. The number of hydrogen-bond donors (Lipinski definition) is 2. The third-order valence-corrected chi connectivity index (χ3v) is 5.13. The van der Waals surface area contributed by atoms with Crippen LogP contribution in [-0.2, 0) is 4.74 Å². The van der Waals surface area contributed by atoms with Crippen LogP contribution in [0.1, 0.15) is 43.7 Å². The van der Waals surface area contributed by atoms with Gasteiger partial charge in [-0.1, -0.05) is 31.4 Å². The molecule has 2 fully saturated rings. The third kappa shape index (κ3) is 6.35. The molecule has 1 aromatic rings. The van der Waals surface area contributed by atoms with Crippen LogP contribution in [0.15, 0.2) is 29.3 Å². The molecule has 1 aromatic carbocycles. The summed E-state index contributed by atoms with van der Waals surface area (Å²) in [5, 5.41) is 3.36. The Labute approximate surface area is 172 Å². The molecule has 1 atom stereocenters. The molecule has 26 heavy (non-hydrogen) atoms. The predicted octanol–water partition coefficient (Wildman–Crippen LogP) is 3.05. The van der Waals surface area contributed by atoms with Crippen LogP contribution in [0.2, 0.25) is 0 Å². The van der Waals surface area contributed by atoms with Crippen LogP contribution in [-0.4, -0.2) is 49.7 Å². The molecule has 1 saturated carbocycles. The minimum absolute atomic E-state index is 0. The molecule has 0 radical (unpaired) electrons. The Kier molecular flexibility index (Phi) is 9.07. The average molecular weight is 476 g/mol. The maximum atomic E-state index is 13.3. The first-order valence-electron chi connectivity index (χ1n) is 9.36. The highest BCUT2D eigenvalue weighted by Gasteiger charge is 2.23. The van der Waals surface area contributed by atoms with E-state index in [-0.39, 0.29) is 35.8 Å². The van der Waals surface area contributed by atoms with Crippen molar-refractivity contribution in [3.05, 3.63) is 35.6 Å². The van der Waals surface area contributed by atoms with Crippen LogP contribution in [0.4, 0.5) is 4.39 Å². The topological polar surface area (TPSA) is 62.9 Å². The molecule has 7 heteroatoms. The first-order chi connectivity index (χ1) is 12.2. The summed E-state index contributed by atoms with van der Waals surface area (Å²) in [6.45, 7) is 3.71. The van der Waals surface area contributed by atoms with Gasteiger partial charge >= 0.3 is 0 Å². The van der Waals surface area contributed by atoms with E-state index in [1.807, 2.05) is 12.1 Å². The quantitative estimate of drug-likeness (QED) is 0.390. The van der Waals surface area contributed by atoms with Gasteiger partial charge in [0.1, 0.15) is 5.82 Å². The lowest BCUT2D eigenvalue weighted by atomic mass is 9.96. The molecule has 1 aliphatic carbocycles. The molecule has 0 aromatic heterocycles. The van der Waals surface area contributed by atoms with E-state index in [4.69, 9.17) is 10.5 Å². The Morgan fingerprint density at radius 3 is 2.50 bits per heavy atom. The molecular weight excluding hydrogens is 446 g/mol. The SMILES string of the molecule is I.NC(=NCC(c1ccc(F)cc1)N1CCOCC1)NC1CCCCC1. The zero-order valence-electron chi connectivity index (χ0n) is 15.2. The number of hydrogen-bond acceptors (Lipinski definition) is 3. The standard InChI is InChI=1S/C19H29FN4O.HI/c20-16-8-6-15(7-9-16)18(24-10-12-25-13-11-24)14-22-19(21)23-17-4-2-1-3-5-17;/h6-9,17-18H,1-5,10-14H2,(H3,21,22,23);1H. The van der Waals surface area contributed by atoms with Gasteiger partial charge in [0.05, 0.1) is 25.8 Å². The Morgan fingerprint density at radius 2 is 1.85 bits per heavy atom. The fourth-order valence-electron chi connectivity index (χ4n) is 3.69. The van der Waals surface area contributed by atoms with Gasteiger partial charge in [-0.2, -0.15) is 0 Å². The Hall–Kier alpha value is -0.930. The summed E-state index contributed by atoms with van der Waals surface area (Å²) in [6.07, 6.45) is 6.18. The van der Waals surface area contributed by atoms with Gasteiger partial charge in [0, 0.05) is 19.1 Å². The van der Waals surface area contributed by atoms with Crippen molar-refractivity contribution in [3.8, 4) is 0 Å². The summed E-state index contributed by atoms with van der Waals surface area (Å²) >= 11 is 0. The van der Waals surface area contributed by atoms with Crippen molar-refractivity contribution in [1.82, 2.24) is 10.2 Å². The molecule has 146 valence electrons. The molecule has 0 spiro atoms. The van der Waals surface area contributed by atoms with Crippen LogP contribution in [0.25, 0.3) is 0 Å². The second-order valence-corrected chi connectivity index (χ2v) is 6.92. The molecule has 1 unspecified atom stereocenters. The number of aliphatic imine (C=N–C) groups is 1. The van der Waals surface area contributed by atoms with E-state index in [9.17, 15) is 4.39 Å². The zero-order valence-corrected chi connectivity index (χ0v) is 17.5. The van der Waals surface area contributed by atoms with Gasteiger partial charge in [0.15, 0.2) is 5.96 Å². The van der Waals surface area contributed by atoms with Gasteiger partial charge in [-0.05, 0) is 30.5 Å². The number of guanidine groups is 1. The number of nitrogens with two attached hydrogens (primary N) is 1. The van der Waals surface area contributed by atoms with Crippen molar-refractivity contribution < 1.29 is 9.13 Å². The van der Waals surface area contributed by atoms with Gasteiger partial charge in [-0.3, -0.25) is 9.89 Å². The lowest BCUT2D eigenvalue weighted by Gasteiger charge is -2.34. The Bertz CT molecular complexity index is 557.